The average Bonchev–Trinajstić information content (AvgIpc) is 2.40. The van der Waals surface area contributed by atoms with Crippen molar-refractivity contribution in [3.8, 4) is 0 Å². The van der Waals surface area contributed by atoms with Crippen molar-refractivity contribution in [2.45, 2.75) is 4.90 Å². The smallest absolute Gasteiger partial charge is 0.279 e. The van der Waals surface area contributed by atoms with Crippen LogP contribution in [-0.4, -0.2) is 45.0 Å². The number of benzene rings is 1. The molecule has 4 nitrogen and oxygen atoms in total. The molecule has 2 N–H and O–H groups in total. The molecule has 18 heavy (non-hydrogen) atoms. The summed E-state index contributed by atoms with van der Waals surface area (Å²) in [5, 5.41) is 2.99. The van der Waals surface area contributed by atoms with Crippen LogP contribution in [0.2, 0.25) is 0 Å². The topological polar surface area (TPSA) is 42.8 Å². The fourth-order valence-electron chi connectivity index (χ4n) is 2.01. The minimum absolute atomic E-state index is 0.0772. The summed E-state index contributed by atoms with van der Waals surface area (Å²) in [5.74, 6) is 0.0772. The third kappa shape index (κ3) is 3.73. The predicted molar refractivity (Wildman–Crippen MR) is 73.2 cm³/mol. The molecule has 0 aliphatic carbocycles. The number of anilines is 1. The third-order valence-electron chi connectivity index (χ3n) is 2.99. The van der Waals surface area contributed by atoms with Crippen LogP contribution >= 0.6 is 11.8 Å². The van der Waals surface area contributed by atoms with Crippen LogP contribution in [0.1, 0.15) is 0 Å². The first-order valence-corrected chi connectivity index (χ1v) is 7.36. The molecule has 5 heteroatoms. The first-order chi connectivity index (χ1) is 8.79. The number of quaternary nitrogens is 1. The zero-order chi connectivity index (χ0) is 12.8. The van der Waals surface area contributed by atoms with Gasteiger partial charge in [-0.2, -0.15) is 0 Å². The molecule has 1 amide bonds. The molecule has 0 radical (unpaired) electrons. The number of hydrogen-bond donors (Lipinski definition) is 2. The molecule has 1 heterocycles. The lowest BCUT2D eigenvalue weighted by Gasteiger charge is -2.23. The van der Waals surface area contributed by atoms with Gasteiger partial charge in [0.15, 0.2) is 6.54 Å². The van der Waals surface area contributed by atoms with E-state index >= 15 is 0 Å². The quantitative estimate of drug-likeness (QED) is 0.769. The molecule has 1 aliphatic heterocycles. The highest BCUT2D eigenvalue weighted by Crippen LogP contribution is 2.24. The molecule has 1 aromatic carbocycles. The molecule has 0 spiro atoms. The van der Waals surface area contributed by atoms with Crippen molar-refractivity contribution < 1.29 is 14.4 Å². The van der Waals surface area contributed by atoms with Gasteiger partial charge in [0.1, 0.15) is 13.1 Å². The number of nitrogens with one attached hydrogen (secondary N) is 2. The van der Waals surface area contributed by atoms with Crippen LogP contribution in [0.15, 0.2) is 29.2 Å². The van der Waals surface area contributed by atoms with Gasteiger partial charge in [0.25, 0.3) is 5.91 Å². The first kappa shape index (κ1) is 13.4. The van der Waals surface area contributed by atoms with Crippen molar-refractivity contribution in [3.63, 3.8) is 0 Å². The van der Waals surface area contributed by atoms with Gasteiger partial charge in [-0.1, -0.05) is 12.1 Å². The van der Waals surface area contributed by atoms with Crippen LogP contribution < -0.4 is 10.2 Å². The second-order valence-corrected chi connectivity index (χ2v) is 5.14. The van der Waals surface area contributed by atoms with Crippen LogP contribution in [0.5, 0.6) is 0 Å². The van der Waals surface area contributed by atoms with E-state index in [2.05, 4.69) is 5.32 Å². The molecule has 0 unspecified atom stereocenters. The fraction of sp³-hybridized carbons (Fsp3) is 0.462. The van der Waals surface area contributed by atoms with Crippen molar-refractivity contribution in [3.05, 3.63) is 24.3 Å². The molecule has 1 fully saturated rings. The molecule has 0 saturated carbocycles. The van der Waals surface area contributed by atoms with E-state index in [9.17, 15) is 4.79 Å². The van der Waals surface area contributed by atoms with E-state index in [1.165, 1.54) is 4.90 Å². The summed E-state index contributed by atoms with van der Waals surface area (Å²) in [6.07, 6.45) is 2.01. The van der Waals surface area contributed by atoms with Crippen molar-refractivity contribution in [2.24, 2.45) is 0 Å². The van der Waals surface area contributed by atoms with E-state index in [0.29, 0.717) is 6.54 Å². The van der Waals surface area contributed by atoms with Gasteiger partial charge in [-0.25, -0.2) is 0 Å². The zero-order valence-electron chi connectivity index (χ0n) is 10.6. The summed E-state index contributed by atoms with van der Waals surface area (Å²) in [6, 6.07) is 7.88. The third-order valence-corrected chi connectivity index (χ3v) is 3.79. The van der Waals surface area contributed by atoms with Gasteiger partial charge in [-0.05, 0) is 18.4 Å². The number of thioether (sulfide) groups is 1. The van der Waals surface area contributed by atoms with E-state index in [1.807, 2.05) is 30.5 Å². The predicted octanol–water partition coefficient (Wildman–Crippen LogP) is 0.262. The van der Waals surface area contributed by atoms with Gasteiger partial charge in [-0.3, -0.25) is 4.79 Å². The average molecular weight is 267 g/mol. The number of carbonyl (C=O) groups is 1. The normalized spacial score (nSPS) is 16.5. The molecular formula is C13H19N2O2S+. The monoisotopic (exact) mass is 267 g/mol. The number of hydrogen-bond acceptors (Lipinski definition) is 3. The summed E-state index contributed by atoms with van der Waals surface area (Å²) in [6.45, 7) is 3.86. The Labute approximate surface area is 112 Å². The molecule has 0 aromatic heterocycles. The Morgan fingerprint density at radius 1 is 1.39 bits per heavy atom. The van der Waals surface area contributed by atoms with Crippen molar-refractivity contribution in [1.29, 1.82) is 0 Å². The SMILES string of the molecule is CSc1ccccc1NC(=O)C[NH+]1CCOCC1. The number of carbonyl (C=O) groups excluding carboxylic acids is 1. The van der Waals surface area contributed by atoms with E-state index in [0.717, 1.165) is 36.9 Å². The lowest BCUT2D eigenvalue weighted by Crippen LogP contribution is -3.15. The second-order valence-electron chi connectivity index (χ2n) is 4.29. The van der Waals surface area contributed by atoms with Gasteiger partial charge >= 0.3 is 0 Å². The Kier molecular flexibility index (Phi) is 5.04. The largest absolute Gasteiger partial charge is 0.370 e. The Balaban J connectivity index is 1.90. The maximum Gasteiger partial charge on any atom is 0.279 e. The highest BCUT2D eigenvalue weighted by Gasteiger charge is 2.18. The van der Waals surface area contributed by atoms with E-state index in [-0.39, 0.29) is 5.91 Å². The summed E-state index contributed by atoms with van der Waals surface area (Å²) in [4.78, 5) is 14.4. The minimum atomic E-state index is 0.0772. The molecule has 1 saturated heterocycles. The second kappa shape index (κ2) is 6.78. The van der Waals surface area contributed by atoms with Gasteiger partial charge in [-0.15, -0.1) is 11.8 Å². The maximum atomic E-state index is 12.0. The van der Waals surface area contributed by atoms with Gasteiger partial charge in [0, 0.05) is 4.90 Å². The first-order valence-electron chi connectivity index (χ1n) is 6.14. The molecule has 98 valence electrons. The molecule has 0 bridgehead atoms. The Bertz CT molecular complexity index is 406. The molecule has 0 atom stereocenters. The lowest BCUT2D eigenvalue weighted by atomic mass is 10.3. The summed E-state index contributed by atoms with van der Waals surface area (Å²) >= 11 is 1.64. The summed E-state index contributed by atoms with van der Waals surface area (Å²) in [7, 11) is 0. The molecular weight excluding hydrogens is 248 g/mol. The Morgan fingerprint density at radius 3 is 2.83 bits per heavy atom. The number of ether oxygens (including phenoxy) is 1. The molecule has 2 rings (SSSR count). The fourth-order valence-corrected chi connectivity index (χ4v) is 2.56. The minimum Gasteiger partial charge on any atom is -0.370 e. The van der Waals surface area contributed by atoms with Crippen LogP contribution in [-0.2, 0) is 9.53 Å². The number of para-hydroxylation sites is 1. The standard InChI is InChI=1S/C13H18N2O2S/c1-18-12-5-3-2-4-11(12)14-13(16)10-15-6-8-17-9-7-15/h2-5H,6-10H2,1H3,(H,14,16)/p+1. The number of amides is 1. The van der Waals surface area contributed by atoms with Crippen LogP contribution in [0, 0.1) is 0 Å². The Hall–Kier alpha value is -1.04. The van der Waals surface area contributed by atoms with Gasteiger partial charge in [0.2, 0.25) is 0 Å². The lowest BCUT2D eigenvalue weighted by molar-refractivity contribution is -0.899. The van der Waals surface area contributed by atoms with Gasteiger partial charge < -0.3 is 15.0 Å². The highest BCUT2D eigenvalue weighted by molar-refractivity contribution is 7.98. The van der Waals surface area contributed by atoms with Gasteiger partial charge in [0.05, 0.1) is 18.9 Å². The molecule has 1 aromatic rings. The van der Waals surface area contributed by atoms with E-state index < -0.39 is 0 Å². The van der Waals surface area contributed by atoms with E-state index in [4.69, 9.17) is 4.74 Å². The highest BCUT2D eigenvalue weighted by atomic mass is 32.2. The van der Waals surface area contributed by atoms with Crippen molar-refractivity contribution >= 4 is 23.4 Å². The zero-order valence-corrected chi connectivity index (χ0v) is 11.4. The van der Waals surface area contributed by atoms with Crippen molar-refractivity contribution in [1.82, 2.24) is 0 Å². The molecule has 1 aliphatic rings. The van der Waals surface area contributed by atoms with Crippen LogP contribution in [0.4, 0.5) is 5.69 Å². The van der Waals surface area contributed by atoms with Crippen molar-refractivity contribution in [2.75, 3.05) is 44.4 Å². The maximum absolute atomic E-state index is 12.0. The number of rotatable bonds is 4. The number of morpholine rings is 1. The summed E-state index contributed by atoms with van der Waals surface area (Å²) in [5.41, 5.74) is 0.905. The van der Waals surface area contributed by atoms with E-state index in [1.54, 1.807) is 11.8 Å². The summed E-state index contributed by atoms with van der Waals surface area (Å²) < 4.78 is 5.28. The Morgan fingerprint density at radius 2 is 2.11 bits per heavy atom. The van der Waals surface area contributed by atoms with Crippen LogP contribution in [0.3, 0.4) is 0 Å². The van der Waals surface area contributed by atoms with Crippen LogP contribution in [0.25, 0.3) is 0 Å².